The number of rotatable bonds is 3. The van der Waals surface area contributed by atoms with E-state index in [1.165, 1.54) is 12.1 Å². The molecule has 4 heteroatoms. The molecular formula is C13H15BrFNO. The van der Waals surface area contributed by atoms with Gasteiger partial charge in [0.05, 0.1) is 0 Å². The first-order chi connectivity index (χ1) is 8.08. The van der Waals surface area contributed by atoms with E-state index in [0.717, 1.165) is 23.1 Å². The number of nitrogens with one attached hydrogen (secondary N) is 1. The Balaban J connectivity index is 2.10. The lowest BCUT2D eigenvalue weighted by Crippen LogP contribution is -2.23. The summed E-state index contributed by atoms with van der Waals surface area (Å²) >= 11 is 3.35. The molecule has 1 heterocycles. The Hall–Kier alpha value is -0.740. The molecule has 1 aromatic rings. The quantitative estimate of drug-likeness (QED) is 0.929. The number of hydrogen-bond acceptors (Lipinski definition) is 2. The van der Waals surface area contributed by atoms with Gasteiger partial charge in [0, 0.05) is 23.4 Å². The normalized spacial score (nSPS) is 23.9. The van der Waals surface area contributed by atoms with Gasteiger partial charge >= 0.3 is 0 Å². The van der Waals surface area contributed by atoms with Crippen molar-refractivity contribution >= 4 is 21.7 Å². The van der Waals surface area contributed by atoms with E-state index in [9.17, 15) is 9.18 Å². The van der Waals surface area contributed by atoms with Crippen molar-refractivity contribution in [1.82, 2.24) is 5.32 Å². The van der Waals surface area contributed by atoms with Gasteiger partial charge < -0.3 is 5.32 Å². The van der Waals surface area contributed by atoms with E-state index in [0.29, 0.717) is 12.3 Å². The Morgan fingerprint density at radius 1 is 1.53 bits per heavy atom. The molecule has 1 aliphatic rings. The minimum atomic E-state index is -0.298. The molecule has 0 amide bonds. The summed E-state index contributed by atoms with van der Waals surface area (Å²) in [6.07, 6.45) is 0.301. The van der Waals surface area contributed by atoms with Crippen molar-refractivity contribution in [3.8, 4) is 0 Å². The second-order valence-corrected chi connectivity index (χ2v) is 5.48. The highest BCUT2D eigenvalue weighted by atomic mass is 79.9. The van der Waals surface area contributed by atoms with E-state index in [-0.39, 0.29) is 17.5 Å². The van der Waals surface area contributed by atoms with Crippen LogP contribution in [0.3, 0.4) is 0 Å². The minimum absolute atomic E-state index is 0.0603. The Morgan fingerprint density at radius 3 is 2.94 bits per heavy atom. The summed E-state index contributed by atoms with van der Waals surface area (Å²) in [4.78, 5) is 12.1. The third-order valence-electron chi connectivity index (χ3n) is 3.30. The predicted molar refractivity (Wildman–Crippen MR) is 68.3 cm³/mol. The zero-order chi connectivity index (χ0) is 12.4. The molecular weight excluding hydrogens is 285 g/mol. The molecule has 1 N–H and O–H groups in total. The number of carbonyl (C=O) groups is 1. The molecule has 2 rings (SSSR count). The van der Waals surface area contributed by atoms with Gasteiger partial charge in [-0.05, 0) is 36.2 Å². The van der Waals surface area contributed by atoms with Gasteiger partial charge in [0.2, 0.25) is 0 Å². The van der Waals surface area contributed by atoms with E-state index in [2.05, 4.69) is 28.2 Å². The summed E-state index contributed by atoms with van der Waals surface area (Å²) in [7, 11) is 0. The summed E-state index contributed by atoms with van der Waals surface area (Å²) in [6, 6.07) is 4.46. The van der Waals surface area contributed by atoms with Gasteiger partial charge in [0.25, 0.3) is 0 Å². The van der Waals surface area contributed by atoms with Gasteiger partial charge in [0.15, 0.2) is 0 Å². The van der Waals surface area contributed by atoms with Crippen LogP contribution < -0.4 is 5.32 Å². The van der Waals surface area contributed by atoms with Crippen LogP contribution in [0.2, 0.25) is 0 Å². The van der Waals surface area contributed by atoms with Gasteiger partial charge in [-0.1, -0.05) is 22.9 Å². The fraction of sp³-hybridized carbons (Fsp3) is 0.462. The zero-order valence-corrected chi connectivity index (χ0v) is 11.3. The molecule has 0 spiro atoms. The van der Waals surface area contributed by atoms with Crippen molar-refractivity contribution in [2.45, 2.75) is 13.3 Å². The van der Waals surface area contributed by atoms with E-state index >= 15 is 0 Å². The molecule has 1 aromatic carbocycles. The Morgan fingerprint density at radius 2 is 2.29 bits per heavy atom. The molecule has 1 fully saturated rings. The van der Waals surface area contributed by atoms with Gasteiger partial charge in [-0.2, -0.15) is 0 Å². The molecule has 0 aromatic heterocycles. The largest absolute Gasteiger partial charge is 0.316 e. The highest BCUT2D eigenvalue weighted by molar-refractivity contribution is 9.10. The van der Waals surface area contributed by atoms with Crippen LogP contribution >= 0.6 is 15.9 Å². The third kappa shape index (κ3) is 2.93. The average Bonchev–Trinajstić information content (AvgIpc) is 2.70. The fourth-order valence-electron chi connectivity index (χ4n) is 2.24. The third-order valence-corrected chi connectivity index (χ3v) is 4.08. The lowest BCUT2D eigenvalue weighted by molar-refractivity contribution is -0.122. The molecule has 0 bridgehead atoms. The standard InChI is InChI=1S/C13H15BrFNO/c1-8-6-16-7-11(8)13(17)5-9-4-10(15)2-3-12(9)14/h2-4,8,11,16H,5-7H2,1H3. The van der Waals surface area contributed by atoms with Crippen LogP contribution in [0.15, 0.2) is 22.7 Å². The first-order valence-electron chi connectivity index (χ1n) is 5.75. The van der Waals surface area contributed by atoms with E-state index in [4.69, 9.17) is 0 Å². The van der Waals surface area contributed by atoms with Crippen LogP contribution in [-0.2, 0) is 11.2 Å². The molecule has 17 heavy (non-hydrogen) atoms. The summed E-state index contributed by atoms with van der Waals surface area (Å²) in [5.74, 6) is 0.322. The Bertz CT molecular complexity index is 435. The highest BCUT2D eigenvalue weighted by Crippen LogP contribution is 2.23. The second-order valence-electron chi connectivity index (χ2n) is 4.62. The van der Waals surface area contributed by atoms with E-state index in [1.54, 1.807) is 6.07 Å². The maximum atomic E-state index is 13.1. The molecule has 1 aliphatic heterocycles. The number of halogens is 2. The van der Waals surface area contributed by atoms with Gasteiger partial charge in [-0.15, -0.1) is 0 Å². The zero-order valence-electron chi connectivity index (χ0n) is 9.67. The highest BCUT2D eigenvalue weighted by Gasteiger charge is 2.29. The van der Waals surface area contributed by atoms with E-state index in [1.807, 2.05) is 0 Å². The molecule has 0 radical (unpaired) electrons. The number of carbonyl (C=O) groups excluding carboxylic acids is 1. The molecule has 2 unspecified atom stereocenters. The van der Waals surface area contributed by atoms with Crippen molar-refractivity contribution in [2.75, 3.05) is 13.1 Å². The average molecular weight is 300 g/mol. The van der Waals surface area contributed by atoms with Crippen LogP contribution in [0.1, 0.15) is 12.5 Å². The Labute approximate surface area is 109 Å². The maximum Gasteiger partial charge on any atom is 0.141 e. The van der Waals surface area contributed by atoms with Crippen molar-refractivity contribution in [1.29, 1.82) is 0 Å². The molecule has 2 atom stereocenters. The van der Waals surface area contributed by atoms with Crippen LogP contribution in [-0.4, -0.2) is 18.9 Å². The van der Waals surface area contributed by atoms with Crippen molar-refractivity contribution in [3.63, 3.8) is 0 Å². The van der Waals surface area contributed by atoms with Gasteiger partial charge in [0.1, 0.15) is 11.6 Å². The summed E-state index contributed by atoms with van der Waals surface area (Å²) in [6.45, 7) is 3.71. The topological polar surface area (TPSA) is 29.1 Å². The first-order valence-corrected chi connectivity index (χ1v) is 6.54. The number of Topliss-reactive ketones (excluding diaryl/α,β-unsaturated/α-hetero) is 1. The molecule has 2 nitrogen and oxygen atoms in total. The van der Waals surface area contributed by atoms with E-state index < -0.39 is 0 Å². The smallest absolute Gasteiger partial charge is 0.141 e. The molecule has 1 saturated heterocycles. The van der Waals surface area contributed by atoms with Crippen molar-refractivity contribution < 1.29 is 9.18 Å². The van der Waals surface area contributed by atoms with Gasteiger partial charge in [-0.3, -0.25) is 4.79 Å². The SMILES string of the molecule is CC1CNCC1C(=O)Cc1cc(F)ccc1Br. The van der Waals surface area contributed by atoms with Crippen LogP contribution in [0, 0.1) is 17.7 Å². The van der Waals surface area contributed by atoms with Crippen molar-refractivity contribution in [2.24, 2.45) is 11.8 Å². The molecule has 0 aliphatic carbocycles. The van der Waals surface area contributed by atoms with Crippen LogP contribution in [0.4, 0.5) is 4.39 Å². The lowest BCUT2D eigenvalue weighted by atomic mass is 9.90. The number of hydrogen-bond donors (Lipinski definition) is 1. The summed E-state index contributed by atoms with van der Waals surface area (Å²) in [5.41, 5.74) is 0.731. The lowest BCUT2D eigenvalue weighted by Gasteiger charge is -2.13. The summed E-state index contributed by atoms with van der Waals surface area (Å²) < 4.78 is 13.9. The minimum Gasteiger partial charge on any atom is -0.316 e. The van der Waals surface area contributed by atoms with Crippen molar-refractivity contribution in [3.05, 3.63) is 34.1 Å². The molecule has 92 valence electrons. The second kappa shape index (κ2) is 5.27. The van der Waals surface area contributed by atoms with Crippen LogP contribution in [0.25, 0.3) is 0 Å². The Kier molecular flexibility index (Phi) is 3.94. The summed E-state index contributed by atoms with van der Waals surface area (Å²) in [5, 5.41) is 3.21. The maximum absolute atomic E-state index is 13.1. The monoisotopic (exact) mass is 299 g/mol. The number of ketones is 1. The van der Waals surface area contributed by atoms with Gasteiger partial charge in [-0.25, -0.2) is 4.39 Å². The first kappa shape index (κ1) is 12.7. The predicted octanol–water partition coefficient (Wildman–Crippen LogP) is 2.56. The number of benzene rings is 1. The fourth-order valence-corrected chi connectivity index (χ4v) is 2.63. The molecule has 0 saturated carbocycles. The van der Waals surface area contributed by atoms with Crippen LogP contribution in [0.5, 0.6) is 0 Å².